The van der Waals surface area contributed by atoms with E-state index in [9.17, 15) is 34.8 Å². The molecule has 1 amide bonds. The van der Waals surface area contributed by atoms with Crippen molar-refractivity contribution in [3.05, 3.63) is 83.9 Å². The Morgan fingerprint density at radius 1 is 0.977 bits per heavy atom. The molecule has 0 aliphatic rings. The molecule has 3 aromatic carbocycles. The first-order chi connectivity index (χ1) is 19.7. The fraction of sp³-hybridized carbons (Fsp3) is 0.222. The molecule has 0 heterocycles. The lowest BCUT2D eigenvalue weighted by atomic mass is 10.0. The minimum absolute atomic E-state index is 0.0658. The zero-order valence-electron chi connectivity index (χ0n) is 23.1. The summed E-state index contributed by atoms with van der Waals surface area (Å²) in [7, 11) is -5.80. The fourth-order valence-electron chi connectivity index (χ4n) is 3.69. The number of amidine groups is 1. The molecule has 0 unspecified atom stereocenters. The molecule has 0 aliphatic heterocycles. The average Bonchev–Trinajstić information content (AvgIpc) is 2.90. The second-order valence-electron chi connectivity index (χ2n) is 9.25. The van der Waals surface area contributed by atoms with Crippen molar-refractivity contribution in [2.24, 2.45) is 5.73 Å². The molecule has 11 nitrogen and oxygen atoms in total. The zero-order chi connectivity index (χ0) is 32.8. The van der Waals surface area contributed by atoms with E-state index in [2.05, 4.69) is 5.32 Å². The first-order valence-corrected chi connectivity index (χ1v) is 15.8. The summed E-state index contributed by atoms with van der Waals surface area (Å²) in [5, 5.41) is 17.5. The molecule has 0 saturated heterocycles. The number of anilines is 1. The monoisotopic (exact) mass is 642 g/mol. The standard InChI is InChI=1S/C25H28N4O5S2.C2HF3O2/c1-29(36(3,33)34)22(16-17-7-6-8-19(15-17)24(26)27)25(30)28-20-13-11-18(12-14-20)21-9-4-5-10-23(21)35(2,31)32;3-2(4,5)1(6)7/h4-15,22H,16H2,1-3H3,(H3,26,27)(H,28,30);(H,6,7)/t22-;/m0./s1. The third-order valence-corrected chi connectivity index (χ3v) is 8.38. The molecular formula is C27H29F3N4O7S2. The molecule has 1 atom stereocenters. The first-order valence-electron chi connectivity index (χ1n) is 12.1. The number of alkyl halides is 3. The number of sulfone groups is 1. The van der Waals surface area contributed by atoms with Gasteiger partial charge in [-0.05, 0) is 41.8 Å². The Hall–Kier alpha value is -4.28. The Bertz CT molecular complexity index is 1710. The van der Waals surface area contributed by atoms with Crippen molar-refractivity contribution in [3.8, 4) is 11.1 Å². The minimum Gasteiger partial charge on any atom is -0.475 e. The Balaban J connectivity index is 0.000000821. The van der Waals surface area contributed by atoms with E-state index in [0.29, 0.717) is 27.9 Å². The summed E-state index contributed by atoms with van der Waals surface area (Å²) in [6.45, 7) is 0. The van der Waals surface area contributed by atoms with Crippen molar-refractivity contribution in [2.75, 3.05) is 24.9 Å². The Labute approximate surface area is 246 Å². The Morgan fingerprint density at radius 3 is 2.02 bits per heavy atom. The van der Waals surface area contributed by atoms with Crippen molar-refractivity contribution in [2.45, 2.75) is 23.5 Å². The number of nitrogens with one attached hydrogen (secondary N) is 2. The molecule has 0 saturated carbocycles. The number of nitrogens with zero attached hydrogens (tertiary/aromatic N) is 1. The van der Waals surface area contributed by atoms with Gasteiger partial charge in [0.15, 0.2) is 9.84 Å². The van der Waals surface area contributed by atoms with E-state index < -0.39 is 44.0 Å². The summed E-state index contributed by atoms with van der Waals surface area (Å²) in [5.74, 6) is -3.43. The van der Waals surface area contributed by atoms with Gasteiger partial charge in [-0.1, -0.05) is 48.5 Å². The molecule has 0 bridgehead atoms. The number of nitrogen functional groups attached to an aromatic ring is 1. The number of carbonyl (C=O) groups is 2. The molecule has 3 aromatic rings. The van der Waals surface area contributed by atoms with Gasteiger partial charge in [-0.3, -0.25) is 10.2 Å². The summed E-state index contributed by atoms with van der Waals surface area (Å²) < 4.78 is 81.5. The minimum atomic E-state index is -5.08. The highest BCUT2D eigenvalue weighted by Gasteiger charge is 2.38. The number of sulfonamides is 1. The number of nitrogens with two attached hydrogens (primary N) is 1. The van der Waals surface area contributed by atoms with Crippen LogP contribution in [0.4, 0.5) is 18.9 Å². The van der Waals surface area contributed by atoms with Crippen molar-refractivity contribution in [3.63, 3.8) is 0 Å². The van der Waals surface area contributed by atoms with E-state index in [1.807, 2.05) is 0 Å². The molecule has 16 heteroatoms. The summed E-state index contributed by atoms with van der Waals surface area (Å²) >= 11 is 0. The molecular weight excluding hydrogens is 613 g/mol. The van der Waals surface area contributed by atoms with Gasteiger partial charge in [-0.25, -0.2) is 21.6 Å². The van der Waals surface area contributed by atoms with Crippen LogP contribution in [0.2, 0.25) is 0 Å². The quantitative estimate of drug-likeness (QED) is 0.202. The number of aliphatic carboxylic acids is 1. The number of likely N-dealkylation sites (N-methyl/N-ethyl adjacent to an activating group) is 1. The maximum Gasteiger partial charge on any atom is 0.490 e. The fourth-order valence-corrected chi connectivity index (χ4v) is 5.24. The number of hydrogen-bond donors (Lipinski definition) is 4. The van der Waals surface area contributed by atoms with Gasteiger partial charge in [-0.2, -0.15) is 17.5 Å². The Morgan fingerprint density at radius 2 is 1.53 bits per heavy atom. The van der Waals surface area contributed by atoms with Gasteiger partial charge in [0.25, 0.3) is 0 Å². The topological polar surface area (TPSA) is 188 Å². The van der Waals surface area contributed by atoms with Gasteiger partial charge in [0, 0.05) is 30.1 Å². The predicted octanol–water partition coefficient (Wildman–Crippen LogP) is 3.12. The lowest BCUT2D eigenvalue weighted by molar-refractivity contribution is -0.192. The first kappa shape index (κ1) is 34.9. The van der Waals surface area contributed by atoms with E-state index in [4.69, 9.17) is 21.0 Å². The summed E-state index contributed by atoms with van der Waals surface area (Å²) in [6, 6.07) is 18.9. The second-order valence-corrected chi connectivity index (χ2v) is 13.3. The van der Waals surface area contributed by atoms with Crippen molar-refractivity contribution in [1.82, 2.24) is 4.31 Å². The van der Waals surface area contributed by atoms with Crippen LogP contribution in [0.5, 0.6) is 0 Å². The predicted molar refractivity (Wildman–Crippen MR) is 155 cm³/mol. The van der Waals surface area contributed by atoms with E-state index >= 15 is 0 Å². The van der Waals surface area contributed by atoms with E-state index in [1.54, 1.807) is 66.7 Å². The molecule has 0 aliphatic carbocycles. The van der Waals surface area contributed by atoms with Crippen LogP contribution < -0.4 is 11.1 Å². The second kappa shape index (κ2) is 13.8. The molecule has 5 N–H and O–H groups in total. The number of benzene rings is 3. The van der Waals surface area contributed by atoms with Crippen LogP contribution >= 0.6 is 0 Å². The number of halogens is 3. The number of rotatable bonds is 9. The number of carbonyl (C=O) groups excluding carboxylic acids is 1. The lowest BCUT2D eigenvalue weighted by Gasteiger charge is -2.25. The molecule has 0 fully saturated rings. The Kier molecular flexibility index (Phi) is 11.2. The smallest absolute Gasteiger partial charge is 0.475 e. The largest absolute Gasteiger partial charge is 0.490 e. The van der Waals surface area contributed by atoms with E-state index in [-0.39, 0.29) is 17.2 Å². The normalized spacial score (nSPS) is 12.5. The highest BCUT2D eigenvalue weighted by molar-refractivity contribution is 7.90. The molecule has 3 rings (SSSR count). The van der Waals surface area contributed by atoms with Crippen molar-refractivity contribution >= 4 is 43.3 Å². The summed E-state index contributed by atoms with van der Waals surface area (Å²) in [6.07, 6.45) is -2.85. The average molecular weight is 643 g/mol. The van der Waals surface area contributed by atoms with Crippen LogP contribution in [0.3, 0.4) is 0 Å². The van der Waals surface area contributed by atoms with Gasteiger partial charge >= 0.3 is 12.1 Å². The molecule has 232 valence electrons. The zero-order valence-corrected chi connectivity index (χ0v) is 24.7. The van der Waals surface area contributed by atoms with Crippen LogP contribution in [0.1, 0.15) is 11.1 Å². The maximum atomic E-state index is 13.2. The summed E-state index contributed by atoms with van der Waals surface area (Å²) in [5.41, 5.74) is 8.29. The molecule has 0 radical (unpaired) electrons. The van der Waals surface area contributed by atoms with Crippen molar-refractivity contribution in [1.29, 1.82) is 5.41 Å². The molecule has 0 spiro atoms. The third kappa shape index (κ3) is 10.2. The van der Waals surface area contributed by atoms with E-state index in [1.165, 1.54) is 13.1 Å². The van der Waals surface area contributed by atoms with Gasteiger partial charge in [-0.15, -0.1) is 0 Å². The number of carboxylic acids is 1. The number of amides is 1. The van der Waals surface area contributed by atoms with Crippen LogP contribution in [-0.2, 0) is 35.9 Å². The van der Waals surface area contributed by atoms with Gasteiger partial charge in [0.1, 0.15) is 11.9 Å². The van der Waals surface area contributed by atoms with Gasteiger partial charge in [0.05, 0.1) is 11.2 Å². The molecule has 0 aromatic heterocycles. The van der Waals surface area contributed by atoms with Crippen molar-refractivity contribution < 1.29 is 44.7 Å². The number of carboxylic acid groups (broad SMARTS) is 1. The maximum absolute atomic E-state index is 13.2. The van der Waals surface area contributed by atoms with Gasteiger partial charge < -0.3 is 16.2 Å². The van der Waals surface area contributed by atoms with Crippen LogP contribution in [0.15, 0.2) is 77.7 Å². The van der Waals surface area contributed by atoms with Crippen LogP contribution in [0, 0.1) is 5.41 Å². The molecule has 43 heavy (non-hydrogen) atoms. The van der Waals surface area contributed by atoms with Crippen LogP contribution in [0.25, 0.3) is 11.1 Å². The van der Waals surface area contributed by atoms with Gasteiger partial charge in [0.2, 0.25) is 15.9 Å². The van der Waals surface area contributed by atoms with E-state index in [0.717, 1.165) is 16.8 Å². The summed E-state index contributed by atoms with van der Waals surface area (Å²) in [4.78, 5) is 22.3. The van der Waals surface area contributed by atoms with Crippen LogP contribution in [-0.4, -0.2) is 75.7 Å². The SMILES string of the molecule is CN([C@@H](Cc1cccc(C(=N)N)c1)C(=O)Nc1ccc(-c2ccccc2S(C)(=O)=O)cc1)S(C)(=O)=O.O=C(O)C(F)(F)F. The highest BCUT2D eigenvalue weighted by atomic mass is 32.2. The lowest BCUT2D eigenvalue weighted by Crippen LogP contribution is -2.46. The third-order valence-electron chi connectivity index (χ3n) is 5.92. The highest BCUT2D eigenvalue weighted by Crippen LogP contribution is 2.28. The number of hydrogen-bond acceptors (Lipinski definition) is 7.